The second kappa shape index (κ2) is 4.22. The van der Waals surface area contributed by atoms with Crippen LogP contribution in [0.5, 0.6) is 0 Å². The van der Waals surface area contributed by atoms with Crippen molar-refractivity contribution in [2.45, 2.75) is 6.92 Å². The van der Waals surface area contributed by atoms with E-state index in [1.165, 1.54) is 17.7 Å². The molecule has 1 aromatic rings. The molecule has 0 saturated heterocycles. The molecule has 0 bridgehead atoms. The Morgan fingerprint density at radius 1 is 1.38 bits per heavy atom. The van der Waals surface area contributed by atoms with E-state index in [4.69, 9.17) is 5.26 Å². The molecule has 0 amide bonds. The van der Waals surface area contributed by atoms with Crippen molar-refractivity contribution in [2.75, 3.05) is 0 Å². The summed E-state index contributed by atoms with van der Waals surface area (Å²) in [5, 5.41) is 8.21. The van der Waals surface area contributed by atoms with E-state index in [1.54, 1.807) is 6.08 Å². The number of carbonyl (C=O) groups is 1. The van der Waals surface area contributed by atoms with Crippen LogP contribution in [0.1, 0.15) is 11.1 Å². The Bertz CT molecular complexity index is 368. The molecule has 0 unspecified atom stereocenters. The minimum atomic E-state index is -0.527. The maximum atomic E-state index is 10.6. The van der Waals surface area contributed by atoms with Crippen molar-refractivity contribution in [1.82, 2.24) is 0 Å². The molecule has 2 heteroatoms. The van der Waals surface area contributed by atoms with Crippen molar-refractivity contribution in [3.8, 4) is 6.07 Å². The summed E-state index contributed by atoms with van der Waals surface area (Å²) >= 11 is 0. The predicted molar refractivity (Wildman–Crippen MR) is 50.8 cm³/mol. The highest BCUT2D eigenvalue weighted by atomic mass is 16.1. The molecule has 0 aliphatic carbocycles. The van der Waals surface area contributed by atoms with Gasteiger partial charge in [-0.2, -0.15) is 5.26 Å². The van der Waals surface area contributed by atoms with Crippen LogP contribution in [0.3, 0.4) is 0 Å². The van der Waals surface area contributed by atoms with Crippen molar-refractivity contribution >= 4 is 11.9 Å². The fraction of sp³-hybridized carbons (Fsp3) is 0.0909. The predicted octanol–water partition coefficient (Wildman–Crippen LogP) is 2.10. The average molecular weight is 171 g/mol. The second-order valence-electron chi connectivity index (χ2n) is 2.72. The molecule has 64 valence electrons. The van der Waals surface area contributed by atoms with Gasteiger partial charge >= 0.3 is 0 Å². The van der Waals surface area contributed by atoms with Crippen molar-refractivity contribution < 1.29 is 4.79 Å². The van der Waals surface area contributed by atoms with Crippen LogP contribution in [-0.4, -0.2) is 5.78 Å². The van der Waals surface area contributed by atoms with Crippen molar-refractivity contribution in [3.63, 3.8) is 0 Å². The van der Waals surface area contributed by atoms with Gasteiger partial charge in [0.05, 0.1) is 0 Å². The van der Waals surface area contributed by atoms with Gasteiger partial charge in [0.15, 0.2) is 0 Å². The average Bonchev–Trinajstić information content (AvgIpc) is 2.16. The molecule has 13 heavy (non-hydrogen) atoms. The van der Waals surface area contributed by atoms with Gasteiger partial charge < -0.3 is 0 Å². The number of hydrogen-bond donors (Lipinski definition) is 0. The maximum Gasteiger partial charge on any atom is 0.255 e. The van der Waals surface area contributed by atoms with E-state index in [2.05, 4.69) is 0 Å². The highest BCUT2D eigenvalue weighted by Crippen LogP contribution is 2.04. The van der Waals surface area contributed by atoms with Crippen LogP contribution >= 0.6 is 0 Å². The third-order valence-electron chi connectivity index (χ3n) is 1.61. The fourth-order valence-electron chi connectivity index (χ4n) is 0.887. The van der Waals surface area contributed by atoms with Crippen molar-refractivity contribution in [3.05, 3.63) is 41.5 Å². The summed E-state index contributed by atoms with van der Waals surface area (Å²) in [6.07, 6.45) is 2.90. The summed E-state index contributed by atoms with van der Waals surface area (Å²) < 4.78 is 0. The lowest BCUT2D eigenvalue weighted by Gasteiger charge is -1.92. The molecule has 0 atom stereocenters. The first-order valence-electron chi connectivity index (χ1n) is 3.91. The minimum absolute atomic E-state index is 0.527. The van der Waals surface area contributed by atoms with E-state index in [1.807, 2.05) is 31.2 Å². The standard InChI is InChI=1S/C11H9NO/c1-9-2-4-10(5-3-9)6-7-11(13)8-12/h2-7H,1H3. The van der Waals surface area contributed by atoms with E-state index >= 15 is 0 Å². The van der Waals surface area contributed by atoms with Crippen LogP contribution in [0.15, 0.2) is 30.3 Å². The van der Waals surface area contributed by atoms with Gasteiger partial charge in [0.1, 0.15) is 6.07 Å². The molecule has 0 spiro atoms. The molecule has 0 heterocycles. The number of nitrogens with zero attached hydrogens (tertiary/aromatic N) is 1. The zero-order valence-electron chi connectivity index (χ0n) is 7.32. The number of benzene rings is 1. The molecule has 0 N–H and O–H groups in total. The first kappa shape index (κ1) is 9.21. The van der Waals surface area contributed by atoms with Crippen molar-refractivity contribution in [2.24, 2.45) is 0 Å². The normalized spacial score (nSPS) is 9.85. The van der Waals surface area contributed by atoms with Crippen LogP contribution in [0.2, 0.25) is 0 Å². The highest BCUT2D eigenvalue weighted by Gasteiger charge is 1.90. The molecule has 0 saturated carbocycles. The highest BCUT2D eigenvalue weighted by molar-refractivity contribution is 6.04. The molecule has 1 aromatic carbocycles. The number of nitriles is 1. The summed E-state index contributed by atoms with van der Waals surface area (Å²) in [5.41, 5.74) is 2.10. The van der Waals surface area contributed by atoms with E-state index in [0.717, 1.165) is 5.56 Å². The molecule has 0 fully saturated rings. The maximum absolute atomic E-state index is 10.6. The van der Waals surface area contributed by atoms with Gasteiger partial charge in [0, 0.05) is 0 Å². The van der Waals surface area contributed by atoms with Crippen LogP contribution in [-0.2, 0) is 4.79 Å². The van der Waals surface area contributed by atoms with E-state index in [0.29, 0.717) is 0 Å². The number of allylic oxidation sites excluding steroid dienone is 1. The fourth-order valence-corrected chi connectivity index (χ4v) is 0.887. The van der Waals surface area contributed by atoms with Gasteiger partial charge in [-0.05, 0) is 18.6 Å². The van der Waals surface area contributed by atoms with Crippen LogP contribution in [0, 0.1) is 18.3 Å². The van der Waals surface area contributed by atoms with Crippen LogP contribution in [0.25, 0.3) is 6.08 Å². The first-order chi connectivity index (χ1) is 6.22. The number of hydrogen-bond acceptors (Lipinski definition) is 2. The molecule has 0 aromatic heterocycles. The third-order valence-corrected chi connectivity index (χ3v) is 1.61. The summed E-state index contributed by atoms with van der Waals surface area (Å²) in [6, 6.07) is 9.23. The molecule has 1 rings (SSSR count). The number of carbonyl (C=O) groups excluding carboxylic acids is 1. The van der Waals surface area contributed by atoms with E-state index in [9.17, 15) is 4.79 Å². The zero-order chi connectivity index (χ0) is 9.68. The Labute approximate surface area is 77.1 Å². The quantitative estimate of drug-likeness (QED) is 0.505. The largest absolute Gasteiger partial charge is 0.278 e. The summed E-state index contributed by atoms with van der Waals surface area (Å²) in [6.45, 7) is 1.99. The van der Waals surface area contributed by atoms with Gasteiger partial charge in [-0.25, -0.2) is 0 Å². The monoisotopic (exact) mass is 171 g/mol. The summed E-state index contributed by atoms with van der Waals surface area (Å²) in [5.74, 6) is -0.527. The van der Waals surface area contributed by atoms with E-state index in [-0.39, 0.29) is 0 Å². The Balaban J connectivity index is 2.76. The Kier molecular flexibility index (Phi) is 2.99. The summed E-state index contributed by atoms with van der Waals surface area (Å²) in [7, 11) is 0. The lowest BCUT2D eigenvalue weighted by atomic mass is 10.1. The first-order valence-corrected chi connectivity index (χ1v) is 3.91. The van der Waals surface area contributed by atoms with Gasteiger partial charge in [-0.1, -0.05) is 35.9 Å². The smallest absolute Gasteiger partial charge is 0.255 e. The lowest BCUT2D eigenvalue weighted by Crippen LogP contribution is -1.83. The molecule has 0 aliphatic rings. The Morgan fingerprint density at radius 3 is 2.54 bits per heavy atom. The van der Waals surface area contributed by atoms with Gasteiger partial charge in [0.25, 0.3) is 5.78 Å². The van der Waals surface area contributed by atoms with Gasteiger partial charge in [-0.3, -0.25) is 4.79 Å². The minimum Gasteiger partial charge on any atom is -0.278 e. The molecular weight excluding hydrogens is 162 g/mol. The number of rotatable bonds is 2. The number of aryl methyl sites for hydroxylation is 1. The topological polar surface area (TPSA) is 40.9 Å². The van der Waals surface area contributed by atoms with Gasteiger partial charge in [0.2, 0.25) is 0 Å². The summed E-state index contributed by atoms with van der Waals surface area (Å²) in [4.78, 5) is 10.6. The van der Waals surface area contributed by atoms with E-state index < -0.39 is 5.78 Å². The third kappa shape index (κ3) is 2.92. The Morgan fingerprint density at radius 2 is 2.00 bits per heavy atom. The number of ketones is 1. The molecular formula is C11H9NO. The SMILES string of the molecule is Cc1ccc(C=CC(=O)C#N)cc1. The Hall–Kier alpha value is -1.88. The molecule has 0 radical (unpaired) electrons. The molecule has 2 nitrogen and oxygen atoms in total. The van der Waals surface area contributed by atoms with Crippen LogP contribution in [0.4, 0.5) is 0 Å². The van der Waals surface area contributed by atoms with Gasteiger partial charge in [-0.15, -0.1) is 0 Å². The van der Waals surface area contributed by atoms with Crippen molar-refractivity contribution in [1.29, 1.82) is 5.26 Å². The van der Waals surface area contributed by atoms with Crippen LogP contribution < -0.4 is 0 Å². The molecule has 0 aliphatic heterocycles. The lowest BCUT2D eigenvalue weighted by molar-refractivity contribution is -0.109. The second-order valence-corrected chi connectivity index (χ2v) is 2.72. The zero-order valence-corrected chi connectivity index (χ0v) is 7.32.